The molecule has 1 rings (SSSR count). The van der Waals surface area contributed by atoms with E-state index in [0.717, 1.165) is 12.2 Å². The highest BCUT2D eigenvalue weighted by molar-refractivity contribution is 5.90. The number of terminal acetylenes is 1. The highest BCUT2D eigenvalue weighted by Gasteiger charge is 2.12. The first-order valence-corrected chi connectivity index (χ1v) is 5.88. The van der Waals surface area contributed by atoms with Gasteiger partial charge in [-0.3, -0.25) is 0 Å². The highest BCUT2D eigenvalue weighted by Crippen LogP contribution is 2.14. The molecule has 0 aliphatic rings. The molecule has 0 radical (unpaired) electrons. The first-order chi connectivity index (χ1) is 8.62. The van der Waals surface area contributed by atoms with E-state index in [4.69, 9.17) is 6.42 Å². The van der Waals surface area contributed by atoms with Crippen LogP contribution in [0, 0.1) is 19.3 Å². The number of nitrogens with one attached hydrogen (secondary N) is 1. The fraction of sp³-hybridized carbons (Fsp3) is 0.429. The molecule has 1 heterocycles. The van der Waals surface area contributed by atoms with Gasteiger partial charge in [-0.25, -0.2) is 9.78 Å². The Morgan fingerprint density at radius 2 is 2.33 bits per heavy atom. The molecular weight excluding hydrogens is 228 g/mol. The van der Waals surface area contributed by atoms with Gasteiger partial charge in [-0.2, -0.15) is 0 Å². The van der Waals surface area contributed by atoms with Crippen LogP contribution in [0.2, 0.25) is 0 Å². The monoisotopic (exact) mass is 246 g/mol. The predicted octanol–water partition coefficient (Wildman–Crippen LogP) is 2.39. The van der Waals surface area contributed by atoms with Gasteiger partial charge in [-0.1, -0.05) is 6.92 Å². The number of methoxy groups -OCH3 is 1. The zero-order chi connectivity index (χ0) is 13.5. The molecule has 1 unspecified atom stereocenters. The van der Waals surface area contributed by atoms with Crippen molar-refractivity contribution in [1.82, 2.24) is 4.98 Å². The first-order valence-electron chi connectivity index (χ1n) is 5.88. The number of aromatic nitrogens is 1. The molecule has 1 N–H and O–H groups in total. The predicted molar refractivity (Wildman–Crippen MR) is 71.5 cm³/mol. The normalized spacial score (nSPS) is 11.4. The highest BCUT2D eigenvalue weighted by atomic mass is 16.5. The minimum Gasteiger partial charge on any atom is -0.465 e. The summed E-state index contributed by atoms with van der Waals surface area (Å²) in [6.45, 7) is 3.84. The van der Waals surface area contributed by atoms with Crippen molar-refractivity contribution in [2.24, 2.45) is 0 Å². The maximum absolute atomic E-state index is 11.4. The van der Waals surface area contributed by atoms with Gasteiger partial charge in [0.05, 0.1) is 18.4 Å². The van der Waals surface area contributed by atoms with Crippen molar-refractivity contribution in [2.45, 2.75) is 32.7 Å². The molecule has 0 fully saturated rings. The van der Waals surface area contributed by atoms with Gasteiger partial charge in [0.1, 0.15) is 5.82 Å². The summed E-state index contributed by atoms with van der Waals surface area (Å²) in [6, 6.07) is 3.67. The van der Waals surface area contributed by atoms with Crippen molar-refractivity contribution in [2.75, 3.05) is 12.4 Å². The van der Waals surface area contributed by atoms with Gasteiger partial charge in [0, 0.05) is 12.5 Å². The molecule has 1 aromatic rings. The lowest BCUT2D eigenvalue weighted by molar-refractivity contribution is 0.0599. The third-order valence-corrected chi connectivity index (χ3v) is 2.70. The number of nitrogens with zero attached hydrogens (tertiary/aromatic N) is 1. The van der Waals surface area contributed by atoms with E-state index >= 15 is 0 Å². The Bertz CT molecular complexity index is 463. The molecule has 0 saturated heterocycles. The lowest BCUT2D eigenvalue weighted by atomic mass is 10.1. The number of carbonyl (C=O) groups excluding carboxylic acids is 1. The Morgan fingerprint density at radius 1 is 1.61 bits per heavy atom. The molecule has 1 aromatic heterocycles. The summed E-state index contributed by atoms with van der Waals surface area (Å²) in [5.41, 5.74) is 1.12. The number of hydrogen-bond donors (Lipinski definition) is 1. The van der Waals surface area contributed by atoms with E-state index in [9.17, 15) is 4.79 Å². The van der Waals surface area contributed by atoms with Crippen molar-refractivity contribution in [3.05, 3.63) is 23.4 Å². The number of ether oxygens (including phenoxy) is 1. The second kappa shape index (κ2) is 6.65. The van der Waals surface area contributed by atoms with Gasteiger partial charge >= 0.3 is 5.97 Å². The number of pyridine rings is 1. The number of rotatable bonds is 5. The van der Waals surface area contributed by atoms with Gasteiger partial charge in [-0.15, -0.1) is 12.3 Å². The molecule has 1 atom stereocenters. The maximum Gasteiger partial charge on any atom is 0.339 e. The number of esters is 1. The molecule has 0 aromatic carbocycles. The average Bonchev–Trinajstić information content (AvgIpc) is 2.37. The zero-order valence-electron chi connectivity index (χ0n) is 11.0. The van der Waals surface area contributed by atoms with Crippen LogP contribution in [-0.2, 0) is 4.74 Å². The quantitative estimate of drug-likeness (QED) is 0.640. The Morgan fingerprint density at radius 3 is 2.83 bits per heavy atom. The van der Waals surface area contributed by atoms with E-state index in [1.807, 2.05) is 0 Å². The SMILES string of the molecule is C#CCC(CC)Nc1ccc(C(=O)OC)c(C)n1. The molecule has 0 bridgehead atoms. The summed E-state index contributed by atoms with van der Waals surface area (Å²) >= 11 is 0. The van der Waals surface area contributed by atoms with Crippen LogP contribution >= 0.6 is 0 Å². The van der Waals surface area contributed by atoms with E-state index in [1.165, 1.54) is 7.11 Å². The first kappa shape index (κ1) is 14.0. The van der Waals surface area contributed by atoms with E-state index in [2.05, 4.69) is 27.9 Å². The summed E-state index contributed by atoms with van der Waals surface area (Å²) in [7, 11) is 1.36. The standard InChI is InChI=1S/C14H18N2O2/c1-5-7-11(6-2)16-13-9-8-12(10(3)15-13)14(17)18-4/h1,8-9,11H,6-7H2,2-4H3,(H,15,16). The van der Waals surface area contributed by atoms with Crippen LogP contribution in [0.5, 0.6) is 0 Å². The zero-order valence-corrected chi connectivity index (χ0v) is 11.0. The van der Waals surface area contributed by atoms with Crippen molar-refractivity contribution in [3.63, 3.8) is 0 Å². The van der Waals surface area contributed by atoms with Gasteiger partial charge < -0.3 is 10.1 Å². The van der Waals surface area contributed by atoms with Gasteiger partial charge in [-0.05, 0) is 25.5 Å². The van der Waals surface area contributed by atoms with Crippen molar-refractivity contribution < 1.29 is 9.53 Å². The van der Waals surface area contributed by atoms with Crippen LogP contribution in [-0.4, -0.2) is 24.1 Å². The van der Waals surface area contributed by atoms with E-state index in [1.54, 1.807) is 19.1 Å². The van der Waals surface area contributed by atoms with Gasteiger partial charge in [0.15, 0.2) is 0 Å². The molecule has 4 nitrogen and oxygen atoms in total. The number of aryl methyl sites for hydroxylation is 1. The summed E-state index contributed by atoms with van der Waals surface area (Å²) in [5, 5.41) is 3.25. The Balaban J connectivity index is 2.84. The summed E-state index contributed by atoms with van der Waals surface area (Å²) in [6.07, 6.45) is 6.87. The van der Waals surface area contributed by atoms with Crippen LogP contribution in [0.1, 0.15) is 35.8 Å². The molecule has 0 saturated carbocycles. The van der Waals surface area contributed by atoms with Gasteiger partial charge in [0.25, 0.3) is 0 Å². The molecule has 0 amide bonds. The number of anilines is 1. The Kier molecular flexibility index (Phi) is 5.19. The Labute approximate surface area is 108 Å². The molecular formula is C14H18N2O2. The second-order valence-corrected chi connectivity index (χ2v) is 3.98. The molecule has 18 heavy (non-hydrogen) atoms. The maximum atomic E-state index is 11.4. The van der Waals surface area contributed by atoms with Crippen LogP contribution < -0.4 is 5.32 Å². The third-order valence-electron chi connectivity index (χ3n) is 2.70. The van der Waals surface area contributed by atoms with Crippen LogP contribution in [0.3, 0.4) is 0 Å². The topological polar surface area (TPSA) is 51.2 Å². The molecule has 96 valence electrons. The summed E-state index contributed by atoms with van der Waals surface area (Å²) < 4.78 is 4.67. The molecule has 0 aliphatic heterocycles. The smallest absolute Gasteiger partial charge is 0.339 e. The molecule has 0 spiro atoms. The minimum atomic E-state index is -0.373. The fourth-order valence-corrected chi connectivity index (χ4v) is 1.62. The van der Waals surface area contributed by atoms with Gasteiger partial charge in [0.2, 0.25) is 0 Å². The molecule has 4 heteroatoms. The van der Waals surface area contributed by atoms with E-state index in [-0.39, 0.29) is 12.0 Å². The van der Waals surface area contributed by atoms with Crippen molar-refractivity contribution >= 4 is 11.8 Å². The Hall–Kier alpha value is -2.02. The van der Waals surface area contributed by atoms with E-state index in [0.29, 0.717) is 17.7 Å². The number of hydrogen-bond acceptors (Lipinski definition) is 4. The second-order valence-electron chi connectivity index (χ2n) is 3.98. The number of carbonyl (C=O) groups is 1. The summed E-state index contributed by atoms with van der Waals surface area (Å²) in [4.78, 5) is 15.7. The van der Waals surface area contributed by atoms with E-state index < -0.39 is 0 Å². The fourth-order valence-electron chi connectivity index (χ4n) is 1.62. The van der Waals surface area contributed by atoms with Crippen LogP contribution in [0.25, 0.3) is 0 Å². The lowest BCUT2D eigenvalue weighted by Crippen LogP contribution is -2.19. The minimum absolute atomic E-state index is 0.200. The molecule has 0 aliphatic carbocycles. The average molecular weight is 246 g/mol. The summed E-state index contributed by atoms with van der Waals surface area (Å²) in [5.74, 6) is 2.98. The van der Waals surface area contributed by atoms with Crippen LogP contribution in [0.4, 0.5) is 5.82 Å². The van der Waals surface area contributed by atoms with Crippen molar-refractivity contribution in [3.8, 4) is 12.3 Å². The van der Waals surface area contributed by atoms with Crippen LogP contribution in [0.15, 0.2) is 12.1 Å². The van der Waals surface area contributed by atoms with Crippen molar-refractivity contribution in [1.29, 1.82) is 0 Å². The lowest BCUT2D eigenvalue weighted by Gasteiger charge is -2.15. The largest absolute Gasteiger partial charge is 0.465 e. The third kappa shape index (κ3) is 3.49.